The minimum atomic E-state index is -2.94. The van der Waals surface area contributed by atoms with Crippen molar-refractivity contribution in [2.75, 3.05) is 19.3 Å². The molecule has 0 rings (SSSR count). The average Bonchev–Trinajstić information content (AvgIpc) is 1.81. The Balaban J connectivity index is 4.24. The van der Waals surface area contributed by atoms with Gasteiger partial charge in [0.15, 0.2) is 9.84 Å². The zero-order chi connectivity index (χ0) is 9.12. The molecule has 0 aromatic carbocycles. The summed E-state index contributed by atoms with van der Waals surface area (Å²) in [6.07, 6.45) is 1.27. The number of sulfone groups is 1. The second kappa shape index (κ2) is 3.54. The van der Waals surface area contributed by atoms with E-state index in [4.69, 9.17) is 0 Å². The molecule has 3 nitrogen and oxygen atoms in total. The lowest BCUT2D eigenvalue weighted by molar-refractivity contribution is 0.528. The van der Waals surface area contributed by atoms with Crippen LogP contribution in [-0.2, 0) is 9.84 Å². The number of hydrogen-bond donors (Lipinski definition) is 1. The van der Waals surface area contributed by atoms with Crippen molar-refractivity contribution in [3.05, 3.63) is 0 Å². The fourth-order valence-corrected chi connectivity index (χ4v) is 0.921. The van der Waals surface area contributed by atoms with Gasteiger partial charge in [0.2, 0.25) is 0 Å². The zero-order valence-electron chi connectivity index (χ0n) is 7.64. The van der Waals surface area contributed by atoms with Crippen molar-refractivity contribution in [1.29, 1.82) is 0 Å². The lowest BCUT2D eigenvalue weighted by Gasteiger charge is -2.22. The van der Waals surface area contributed by atoms with Crippen molar-refractivity contribution in [2.45, 2.75) is 25.5 Å². The molecular formula is C7H17NO2S. The molecule has 1 N–H and O–H groups in total. The Hall–Kier alpha value is -0.0900. The fourth-order valence-electron chi connectivity index (χ4n) is 0.557. The fraction of sp³-hybridized carbons (Fsp3) is 1.00. The highest BCUT2D eigenvalue weighted by Gasteiger charge is 2.28. The molecule has 0 heterocycles. The SMILES string of the molecule is CCNCC(C)(C)S(C)(=O)=O. The molecule has 0 aliphatic carbocycles. The van der Waals surface area contributed by atoms with E-state index in [0.717, 1.165) is 6.54 Å². The van der Waals surface area contributed by atoms with E-state index in [2.05, 4.69) is 5.32 Å². The van der Waals surface area contributed by atoms with Gasteiger partial charge in [0.05, 0.1) is 4.75 Å². The summed E-state index contributed by atoms with van der Waals surface area (Å²) in [5.41, 5.74) is 0. The van der Waals surface area contributed by atoms with E-state index >= 15 is 0 Å². The maximum Gasteiger partial charge on any atom is 0.153 e. The first-order chi connectivity index (χ1) is 4.81. The van der Waals surface area contributed by atoms with E-state index in [1.165, 1.54) is 6.26 Å². The molecule has 0 aromatic heterocycles. The third-order valence-corrected chi connectivity index (χ3v) is 3.96. The highest BCUT2D eigenvalue weighted by Crippen LogP contribution is 2.12. The maximum absolute atomic E-state index is 11.1. The first-order valence-corrected chi connectivity index (χ1v) is 5.60. The summed E-state index contributed by atoms with van der Waals surface area (Å²) in [5, 5.41) is 3.02. The Morgan fingerprint density at radius 3 is 2.09 bits per heavy atom. The van der Waals surface area contributed by atoms with Gasteiger partial charge < -0.3 is 5.32 Å². The third-order valence-electron chi connectivity index (χ3n) is 1.80. The van der Waals surface area contributed by atoms with E-state index in [1.807, 2.05) is 6.92 Å². The molecule has 0 saturated carbocycles. The summed E-state index contributed by atoms with van der Waals surface area (Å²) in [6.45, 7) is 6.73. The lowest BCUT2D eigenvalue weighted by Crippen LogP contribution is -2.41. The van der Waals surface area contributed by atoms with Crippen LogP contribution in [0.15, 0.2) is 0 Å². The Labute approximate surface area is 69.1 Å². The van der Waals surface area contributed by atoms with Gasteiger partial charge in [0.25, 0.3) is 0 Å². The van der Waals surface area contributed by atoms with Gasteiger partial charge in [-0.3, -0.25) is 0 Å². The van der Waals surface area contributed by atoms with Gasteiger partial charge in [0.1, 0.15) is 0 Å². The van der Waals surface area contributed by atoms with Gasteiger partial charge in [-0.15, -0.1) is 0 Å². The first-order valence-electron chi connectivity index (χ1n) is 3.71. The van der Waals surface area contributed by atoms with Crippen molar-refractivity contribution in [3.63, 3.8) is 0 Å². The summed E-state index contributed by atoms with van der Waals surface area (Å²) >= 11 is 0. The largest absolute Gasteiger partial charge is 0.315 e. The van der Waals surface area contributed by atoms with Gasteiger partial charge in [-0.2, -0.15) is 0 Å². The highest BCUT2D eigenvalue weighted by molar-refractivity contribution is 7.92. The molecule has 11 heavy (non-hydrogen) atoms. The standard InChI is InChI=1S/C7H17NO2S/c1-5-8-6-7(2,3)11(4,9)10/h8H,5-6H2,1-4H3. The molecule has 4 heteroatoms. The van der Waals surface area contributed by atoms with Crippen molar-refractivity contribution in [3.8, 4) is 0 Å². The van der Waals surface area contributed by atoms with Crippen LogP contribution in [0.5, 0.6) is 0 Å². The minimum Gasteiger partial charge on any atom is -0.315 e. The van der Waals surface area contributed by atoms with Crippen LogP contribution in [0.2, 0.25) is 0 Å². The Morgan fingerprint density at radius 1 is 1.36 bits per heavy atom. The highest BCUT2D eigenvalue weighted by atomic mass is 32.2. The smallest absolute Gasteiger partial charge is 0.153 e. The first kappa shape index (κ1) is 10.9. The van der Waals surface area contributed by atoms with E-state index in [-0.39, 0.29) is 0 Å². The Bertz CT molecular complexity index is 206. The van der Waals surface area contributed by atoms with Crippen LogP contribution < -0.4 is 5.32 Å². The van der Waals surface area contributed by atoms with Gasteiger partial charge in [-0.25, -0.2) is 8.42 Å². The summed E-state index contributed by atoms with van der Waals surface area (Å²) in [6, 6.07) is 0. The van der Waals surface area contributed by atoms with Crippen LogP contribution in [0.4, 0.5) is 0 Å². The van der Waals surface area contributed by atoms with Gasteiger partial charge in [-0.1, -0.05) is 6.92 Å². The Kier molecular flexibility index (Phi) is 3.51. The minimum absolute atomic E-state index is 0.516. The summed E-state index contributed by atoms with van der Waals surface area (Å²) < 4.78 is 21.6. The molecule has 0 radical (unpaired) electrons. The molecule has 0 amide bonds. The van der Waals surface area contributed by atoms with Crippen LogP contribution in [0, 0.1) is 0 Å². The summed E-state index contributed by atoms with van der Waals surface area (Å²) in [7, 11) is -2.94. The van der Waals surface area contributed by atoms with Gasteiger partial charge in [-0.05, 0) is 20.4 Å². The molecule has 0 saturated heterocycles. The van der Waals surface area contributed by atoms with Crippen molar-refractivity contribution in [2.24, 2.45) is 0 Å². The quantitative estimate of drug-likeness (QED) is 0.680. The van der Waals surface area contributed by atoms with Crippen LogP contribution in [0.3, 0.4) is 0 Å². The molecule has 0 aliphatic rings. The van der Waals surface area contributed by atoms with Crippen molar-refractivity contribution in [1.82, 2.24) is 5.32 Å². The molecule has 0 unspecified atom stereocenters. The van der Waals surface area contributed by atoms with Crippen LogP contribution >= 0.6 is 0 Å². The van der Waals surface area contributed by atoms with Crippen molar-refractivity contribution < 1.29 is 8.42 Å². The Morgan fingerprint density at radius 2 is 1.82 bits per heavy atom. The summed E-state index contributed by atoms with van der Waals surface area (Å²) in [4.78, 5) is 0. The van der Waals surface area contributed by atoms with E-state index in [9.17, 15) is 8.42 Å². The predicted molar refractivity (Wildman–Crippen MR) is 47.5 cm³/mol. The zero-order valence-corrected chi connectivity index (χ0v) is 8.46. The molecule has 68 valence electrons. The van der Waals surface area contributed by atoms with Gasteiger partial charge in [0, 0.05) is 12.8 Å². The second-order valence-electron chi connectivity index (χ2n) is 3.31. The summed E-state index contributed by atoms with van der Waals surface area (Å²) in [5.74, 6) is 0. The molecule has 0 spiro atoms. The normalized spacial score (nSPS) is 13.5. The van der Waals surface area contributed by atoms with Crippen molar-refractivity contribution >= 4 is 9.84 Å². The number of hydrogen-bond acceptors (Lipinski definition) is 3. The second-order valence-corrected chi connectivity index (χ2v) is 5.96. The van der Waals surface area contributed by atoms with E-state index in [1.54, 1.807) is 13.8 Å². The van der Waals surface area contributed by atoms with E-state index in [0.29, 0.717) is 6.54 Å². The van der Waals surface area contributed by atoms with Gasteiger partial charge >= 0.3 is 0 Å². The monoisotopic (exact) mass is 179 g/mol. The molecule has 0 bridgehead atoms. The molecule has 0 aliphatic heterocycles. The molecule has 0 atom stereocenters. The van der Waals surface area contributed by atoms with Crippen LogP contribution in [0.1, 0.15) is 20.8 Å². The molecule has 0 aromatic rings. The lowest BCUT2D eigenvalue weighted by atomic mass is 10.2. The van der Waals surface area contributed by atoms with Crippen LogP contribution in [-0.4, -0.2) is 32.5 Å². The number of rotatable bonds is 4. The predicted octanol–water partition coefficient (Wildman–Crippen LogP) is 0.419. The molecular weight excluding hydrogens is 162 g/mol. The maximum atomic E-state index is 11.1. The number of nitrogens with one attached hydrogen (secondary N) is 1. The third kappa shape index (κ3) is 3.20. The van der Waals surface area contributed by atoms with Crippen LogP contribution in [0.25, 0.3) is 0 Å². The van der Waals surface area contributed by atoms with E-state index < -0.39 is 14.6 Å². The topological polar surface area (TPSA) is 46.2 Å². The molecule has 0 fully saturated rings. The average molecular weight is 179 g/mol.